The number of fused-ring (bicyclic) bond motifs is 2. The van der Waals surface area contributed by atoms with E-state index in [4.69, 9.17) is 9.73 Å². The first-order valence-electron chi connectivity index (χ1n) is 11.2. The van der Waals surface area contributed by atoms with Gasteiger partial charge in [0.25, 0.3) is 0 Å². The molecule has 162 valence electrons. The molecule has 2 aromatic heterocycles. The number of benzene rings is 2. The lowest BCUT2D eigenvalue weighted by atomic mass is 9.95. The lowest BCUT2D eigenvalue weighted by Crippen LogP contribution is -2.09. The molecular formula is C27H26N2O2S. The predicted molar refractivity (Wildman–Crippen MR) is 132 cm³/mol. The molecule has 1 aliphatic carbocycles. The number of hydrogen-bond donors (Lipinski definition) is 0. The largest absolute Gasteiger partial charge is 0.462 e. The number of aromatic nitrogens is 1. The van der Waals surface area contributed by atoms with Crippen LogP contribution in [0.4, 0.5) is 5.00 Å². The molecule has 0 saturated carbocycles. The van der Waals surface area contributed by atoms with Crippen molar-refractivity contribution in [3.63, 3.8) is 0 Å². The van der Waals surface area contributed by atoms with Gasteiger partial charge in [0.1, 0.15) is 5.00 Å². The van der Waals surface area contributed by atoms with Gasteiger partial charge in [-0.2, -0.15) is 0 Å². The van der Waals surface area contributed by atoms with Gasteiger partial charge in [0, 0.05) is 40.3 Å². The van der Waals surface area contributed by atoms with Gasteiger partial charge in [0.15, 0.2) is 0 Å². The van der Waals surface area contributed by atoms with Crippen LogP contribution in [0, 0.1) is 0 Å². The molecule has 0 aliphatic heterocycles. The average molecular weight is 443 g/mol. The zero-order valence-electron chi connectivity index (χ0n) is 18.2. The zero-order valence-corrected chi connectivity index (χ0v) is 19.0. The minimum Gasteiger partial charge on any atom is -0.462 e. The van der Waals surface area contributed by atoms with Crippen LogP contribution in [0.15, 0.2) is 65.8 Å². The van der Waals surface area contributed by atoms with Gasteiger partial charge in [0.2, 0.25) is 0 Å². The number of ether oxygens (including phenoxy) is 1. The Morgan fingerprint density at radius 3 is 2.72 bits per heavy atom. The summed E-state index contributed by atoms with van der Waals surface area (Å²) in [5.41, 5.74) is 5.31. The molecule has 32 heavy (non-hydrogen) atoms. The molecule has 0 unspecified atom stereocenters. The number of para-hydroxylation sites is 1. The Bertz CT molecular complexity index is 1280. The number of aliphatic imine (C=N–C) groups is 1. The van der Waals surface area contributed by atoms with Crippen molar-refractivity contribution >= 4 is 39.4 Å². The Morgan fingerprint density at radius 2 is 1.88 bits per heavy atom. The van der Waals surface area contributed by atoms with Gasteiger partial charge in [0.05, 0.1) is 12.2 Å². The van der Waals surface area contributed by atoms with Gasteiger partial charge in [-0.05, 0) is 49.8 Å². The Balaban J connectivity index is 1.53. The zero-order chi connectivity index (χ0) is 21.9. The molecule has 5 heteroatoms. The molecule has 1 aliphatic rings. The minimum absolute atomic E-state index is 0.245. The third-order valence-corrected chi connectivity index (χ3v) is 7.17. The van der Waals surface area contributed by atoms with E-state index in [0.717, 1.165) is 47.3 Å². The first-order valence-corrected chi connectivity index (χ1v) is 12.0. The summed E-state index contributed by atoms with van der Waals surface area (Å²) in [4.78, 5) is 18.9. The summed E-state index contributed by atoms with van der Waals surface area (Å²) in [7, 11) is 0. The summed E-state index contributed by atoms with van der Waals surface area (Å²) in [6.07, 6.45) is 8.31. The highest BCUT2D eigenvalue weighted by atomic mass is 32.1. The van der Waals surface area contributed by atoms with E-state index < -0.39 is 0 Å². The molecule has 0 saturated heterocycles. The molecule has 0 fully saturated rings. The van der Waals surface area contributed by atoms with E-state index in [2.05, 4.69) is 59.3 Å². The van der Waals surface area contributed by atoms with Crippen LogP contribution in [-0.2, 0) is 24.1 Å². The fraction of sp³-hybridized carbons (Fsp3) is 0.259. The van der Waals surface area contributed by atoms with Gasteiger partial charge in [-0.1, -0.05) is 48.5 Å². The number of carbonyl (C=O) groups excluding carboxylic acids is 1. The quantitative estimate of drug-likeness (QED) is 0.251. The van der Waals surface area contributed by atoms with E-state index in [1.165, 1.54) is 22.4 Å². The van der Waals surface area contributed by atoms with Gasteiger partial charge in [-0.3, -0.25) is 0 Å². The van der Waals surface area contributed by atoms with E-state index in [1.807, 2.05) is 19.2 Å². The molecule has 0 amide bonds. The summed E-state index contributed by atoms with van der Waals surface area (Å²) in [5.74, 6) is -0.245. The topological polar surface area (TPSA) is 43.6 Å². The van der Waals surface area contributed by atoms with Crippen molar-refractivity contribution in [3.8, 4) is 0 Å². The van der Waals surface area contributed by atoms with E-state index in [0.29, 0.717) is 12.2 Å². The number of aryl methyl sites for hydroxylation is 1. The highest BCUT2D eigenvalue weighted by Crippen LogP contribution is 2.40. The standard InChI is InChI=1S/C27H26N2O2S/c1-2-31-27(30)25-22-13-7-9-15-24(22)32-26(25)28-16-20-18-29(17-19-10-4-3-5-11-19)23-14-8-6-12-21(20)23/h3-6,8,10-12,14,16,18H,2,7,9,13,15,17H2,1H3. The average Bonchev–Trinajstić information content (AvgIpc) is 3.37. The van der Waals surface area contributed by atoms with Crippen molar-refractivity contribution in [2.24, 2.45) is 4.99 Å². The van der Waals surface area contributed by atoms with Crippen molar-refractivity contribution in [2.45, 2.75) is 39.2 Å². The second-order valence-electron chi connectivity index (χ2n) is 8.08. The molecule has 2 heterocycles. The van der Waals surface area contributed by atoms with E-state index in [1.54, 1.807) is 11.3 Å². The molecule has 2 aromatic carbocycles. The summed E-state index contributed by atoms with van der Waals surface area (Å²) < 4.78 is 7.64. The SMILES string of the molecule is CCOC(=O)c1c(N=Cc2cn(Cc3ccccc3)c3ccccc23)sc2c1CCCC2. The molecule has 0 radical (unpaired) electrons. The predicted octanol–water partition coefficient (Wildman–Crippen LogP) is 6.56. The van der Waals surface area contributed by atoms with Gasteiger partial charge < -0.3 is 9.30 Å². The van der Waals surface area contributed by atoms with Crippen molar-refractivity contribution in [2.75, 3.05) is 6.61 Å². The Kier molecular flexibility index (Phi) is 5.91. The number of nitrogens with zero attached hydrogens (tertiary/aromatic N) is 2. The first-order chi connectivity index (χ1) is 15.7. The van der Waals surface area contributed by atoms with Gasteiger partial charge >= 0.3 is 5.97 Å². The molecule has 4 nitrogen and oxygen atoms in total. The third-order valence-electron chi connectivity index (χ3n) is 5.97. The monoisotopic (exact) mass is 442 g/mol. The number of thiophene rings is 1. The van der Waals surface area contributed by atoms with Gasteiger partial charge in [-0.25, -0.2) is 9.79 Å². The number of rotatable bonds is 6. The van der Waals surface area contributed by atoms with Crippen LogP contribution in [0.2, 0.25) is 0 Å². The van der Waals surface area contributed by atoms with Gasteiger partial charge in [-0.15, -0.1) is 11.3 Å². The second-order valence-corrected chi connectivity index (χ2v) is 9.17. The van der Waals surface area contributed by atoms with Crippen LogP contribution in [0.1, 0.15) is 51.7 Å². The minimum atomic E-state index is -0.245. The number of esters is 1. The Hall–Kier alpha value is -3.18. The summed E-state index contributed by atoms with van der Waals surface area (Å²) in [5, 5.41) is 1.93. The second kappa shape index (κ2) is 9.13. The summed E-state index contributed by atoms with van der Waals surface area (Å²) in [6, 6.07) is 18.9. The summed E-state index contributed by atoms with van der Waals surface area (Å²) in [6.45, 7) is 3.03. The molecule has 5 rings (SSSR count). The van der Waals surface area contributed by atoms with Crippen LogP contribution >= 0.6 is 11.3 Å². The van der Waals surface area contributed by atoms with Crippen LogP contribution < -0.4 is 0 Å². The maximum atomic E-state index is 12.7. The Morgan fingerprint density at radius 1 is 1.09 bits per heavy atom. The first kappa shape index (κ1) is 20.7. The lowest BCUT2D eigenvalue weighted by molar-refractivity contribution is 0.0526. The highest BCUT2D eigenvalue weighted by molar-refractivity contribution is 7.16. The maximum absolute atomic E-state index is 12.7. The van der Waals surface area contributed by atoms with Crippen molar-refractivity contribution in [1.82, 2.24) is 4.57 Å². The lowest BCUT2D eigenvalue weighted by Gasteiger charge is -2.11. The third kappa shape index (κ3) is 4.00. The fourth-order valence-corrected chi connectivity index (χ4v) is 5.69. The maximum Gasteiger partial charge on any atom is 0.341 e. The molecular weight excluding hydrogens is 416 g/mol. The molecule has 0 atom stereocenters. The van der Waals surface area contributed by atoms with E-state index in [-0.39, 0.29) is 5.97 Å². The Labute approximate surface area is 192 Å². The number of carbonyl (C=O) groups is 1. The smallest absolute Gasteiger partial charge is 0.341 e. The summed E-state index contributed by atoms with van der Waals surface area (Å²) >= 11 is 1.64. The molecule has 0 N–H and O–H groups in total. The van der Waals surface area contributed by atoms with E-state index in [9.17, 15) is 4.79 Å². The molecule has 0 bridgehead atoms. The molecule has 4 aromatic rings. The highest BCUT2D eigenvalue weighted by Gasteiger charge is 2.26. The van der Waals surface area contributed by atoms with Crippen molar-refractivity contribution in [3.05, 3.63) is 87.9 Å². The van der Waals surface area contributed by atoms with Crippen LogP contribution in [0.3, 0.4) is 0 Å². The fourth-order valence-electron chi connectivity index (χ4n) is 4.47. The van der Waals surface area contributed by atoms with Crippen LogP contribution in [0.5, 0.6) is 0 Å². The van der Waals surface area contributed by atoms with Crippen LogP contribution in [-0.4, -0.2) is 23.4 Å². The van der Waals surface area contributed by atoms with Crippen LogP contribution in [0.25, 0.3) is 10.9 Å². The normalized spacial score (nSPS) is 13.5. The van der Waals surface area contributed by atoms with Crippen molar-refractivity contribution in [1.29, 1.82) is 0 Å². The van der Waals surface area contributed by atoms with E-state index >= 15 is 0 Å². The number of hydrogen-bond acceptors (Lipinski definition) is 4. The molecule has 0 spiro atoms. The van der Waals surface area contributed by atoms with Crippen molar-refractivity contribution < 1.29 is 9.53 Å².